The van der Waals surface area contributed by atoms with Gasteiger partial charge in [0.1, 0.15) is 0 Å². The van der Waals surface area contributed by atoms with Crippen LogP contribution < -0.4 is 0 Å². The van der Waals surface area contributed by atoms with Crippen molar-refractivity contribution >= 4 is 43.4 Å². The van der Waals surface area contributed by atoms with Crippen LogP contribution >= 0.6 is 0 Å². The molecule has 1 heterocycles. The maximum absolute atomic E-state index is 2.52. The van der Waals surface area contributed by atoms with Crippen LogP contribution in [-0.2, 0) is 5.41 Å². The molecule has 0 fully saturated rings. The molecule has 1 aliphatic carbocycles. The molecule has 0 unspecified atom stereocenters. The summed E-state index contributed by atoms with van der Waals surface area (Å²) < 4.78 is 2.52. The Morgan fingerprint density at radius 2 is 1.19 bits per heavy atom. The third-order valence-corrected chi connectivity index (χ3v) is 8.34. The Kier molecular flexibility index (Phi) is 3.79. The number of fused-ring (bicyclic) bond motifs is 10. The van der Waals surface area contributed by atoms with Crippen LogP contribution in [0.5, 0.6) is 0 Å². The van der Waals surface area contributed by atoms with Crippen LogP contribution in [0.1, 0.15) is 25.0 Å². The Morgan fingerprint density at radius 3 is 2.03 bits per heavy atom. The molecule has 0 amide bonds. The predicted octanol–water partition coefficient (Wildman–Crippen LogP) is 9.40. The molecular formula is C35H25N. The number of para-hydroxylation sites is 1. The summed E-state index contributed by atoms with van der Waals surface area (Å²) in [5.74, 6) is 0. The molecule has 0 atom stereocenters. The molecule has 0 N–H and O–H groups in total. The minimum Gasteiger partial charge on any atom is -0.308 e. The Balaban J connectivity index is 1.62. The molecule has 0 spiro atoms. The van der Waals surface area contributed by atoms with E-state index < -0.39 is 0 Å². The van der Waals surface area contributed by atoms with Gasteiger partial charge in [0.25, 0.3) is 0 Å². The zero-order chi connectivity index (χ0) is 24.0. The summed E-state index contributed by atoms with van der Waals surface area (Å²) in [6, 6.07) is 42.5. The van der Waals surface area contributed by atoms with Gasteiger partial charge in [0.2, 0.25) is 0 Å². The van der Waals surface area contributed by atoms with Gasteiger partial charge in [-0.25, -0.2) is 0 Å². The molecule has 7 aromatic rings. The van der Waals surface area contributed by atoms with Crippen molar-refractivity contribution in [2.24, 2.45) is 0 Å². The number of aromatic nitrogens is 1. The molecule has 0 saturated carbocycles. The second-order valence-electron chi connectivity index (χ2n) is 10.6. The summed E-state index contributed by atoms with van der Waals surface area (Å²) in [6.45, 7) is 4.78. The Hall–Kier alpha value is -4.36. The van der Waals surface area contributed by atoms with Crippen LogP contribution in [0.25, 0.3) is 60.2 Å². The number of hydrogen-bond acceptors (Lipinski definition) is 0. The summed E-state index contributed by atoms with van der Waals surface area (Å²) in [4.78, 5) is 0. The SMILES string of the molecule is CC1(C)c2ccc3c4ccccc4n(-c4cccc5ccccc45)c3c2-c2ccc3ccccc3c21. The maximum Gasteiger partial charge on any atom is 0.0622 e. The molecule has 1 aliphatic rings. The smallest absolute Gasteiger partial charge is 0.0622 e. The Morgan fingerprint density at radius 1 is 0.528 bits per heavy atom. The van der Waals surface area contributed by atoms with Gasteiger partial charge >= 0.3 is 0 Å². The van der Waals surface area contributed by atoms with Gasteiger partial charge in [0, 0.05) is 27.1 Å². The van der Waals surface area contributed by atoms with Crippen molar-refractivity contribution in [2.75, 3.05) is 0 Å². The van der Waals surface area contributed by atoms with Crippen molar-refractivity contribution in [3.63, 3.8) is 0 Å². The first-order valence-electron chi connectivity index (χ1n) is 12.7. The van der Waals surface area contributed by atoms with Gasteiger partial charge in [-0.05, 0) is 45.0 Å². The molecule has 1 aromatic heterocycles. The highest BCUT2D eigenvalue weighted by atomic mass is 15.0. The zero-order valence-electron chi connectivity index (χ0n) is 20.4. The van der Waals surface area contributed by atoms with Crippen molar-refractivity contribution in [2.45, 2.75) is 19.3 Å². The van der Waals surface area contributed by atoms with Gasteiger partial charge in [0.15, 0.2) is 0 Å². The van der Waals surface area contributed by atoms with E-state index in [2.05, 4.69) is 134 Å². The summed E-state index contributed by atoms with van der Waals surface area (Å²) in [5.41, 5.74) is 9.31. The lowest BCUT2D eigenvalue weighted by Crippen LogP contribution is -2.15. The predicted molar refractivity (Wildman–Crippen MR) is 153 cm³/mol. The van der Waals surface area contributed by atoms with E-state index in [9.17, 15) is 0 Å². The lowest BCUT2D eigenvalue weighted by atomic mass is 9.80. The fourth-order valence-corrected chi connectivity index (χ4v) is 6.79. The van der Waals surface area contributed by atoms with Gasteiger partial charge in [-0.2, -0.15) is 0 Å². The highest BCUT2D eigenvalue weighted by Crippen LogP contribution is 2.55. The summed E-state index contributed by atoms with van der Waals surface area (Å²) >= 11 is 0. The number of nitrogens with zero attached hydrogens (tertiary/aromatic N) is 1. The first-order valence-corrected chi connectivity index (χ1v) is 12.7. The fraction of sp³-hybridized carbons (Fsp3) is 0.0857. The van der Waals surface area contributed by atoms with Crippen LogP contribution in [0.2, 0.25) is 0 Å². The highest BCUT2D eigenvalue weighted by molar-refractivity contribution is 6.17. The first-order chi connectivity index (χ1) is 17.6. The molecular weight excluding hydrogens is 434 g/mol. The normalized spacial score (nSPS) is 14.1. The maximum atomic E-state index is 2.52. The number of benzene rings is 6. The minimum absolute atomic E-state index is 0.0836. The summed E-state index contributed by atoms with van der Waals surface area (Å²) in [6.07, 6.45) is 0. The second kappa shape index (κ2) is 6.86. The monoisotopic (exact) mass is 459 g/mol. The fourth-order valence-electron chi connectivity index (χ4n) is 6.79. The van der Waals surface area contributed by atoms with Crippen LogP contribution in [0.4, 0.5) is 0 Å². The quantitative estimate of drug-likeness (QED) is 0.230. The van der Waals surface area contributed by atoms with Gasteiger partial charge in [-0.3, -0.25) is 0 Å². The molecule has 0 radical (unpaired) electrons. The Labute approximate surface area is 210 Å². The molecule has 36 heavy (non-hydrogen) atoms. The van der Waals surface area contributed by atoms with Gasteiger partial charge in [-0.15, -0.1) is 0 Å². The molecule has 8 rings (SSSR count). The summed E-state index contributed by atoms with van der Waals surface area (Å²) in [7, 11) is 0. The van der Waals surface area contributed by atoms with Crippen molar-refractivity contribution in [3.05, 3.63) is 126 Å². The van der Waals surface area contributed by atoms with Crippen LogP contribution in [-0.4, -0.2) is 4.57 Å². The highest BCUT2D eigenvalue weighted by Gasteiger charge is 2.39. The van der Waals surface area contributed by atoms with E-state index in [0.29, 0.717) is 0 Å². The van der Waals surface area contributed by atoms with Crippen molar-refractivity contribution in [1.29, 1.82) is 0 Å². The average Bonchev–Trinajstić information content (AvgIpc) is 3.37. The molecule has 1 heteroatoms. The molecule has 0 aliphatic heterocycles. The third kappa shape index (κ3) is 2.40. The molecule has 1 nitrogen and oxygen atoms in total. The third-order valence-electron chi connectivity index (χ3n) is 8.34. The minimum atomic E-state index is -0.0836. The lowest BCUT2D eigenvalue weighted by molar-refractivity contribution is 0.666. The van der Waals surface area contributed by atoms with E-state index in [0.717, 1.165) is 0 Å². The van der Waals surface area contributed by atoms with Gasteiger partial charge < -0.3 is 4.57 Å². The van der Waals surface area contributed by atoms with E-state index in [1.165, 1.54) is 71.3 Å². The van der Waals surface area contributed by atoms with Crippen LogP contribution in [0.15, 0.2) is 115 Å². The average molecular weight is 460 g/mol. The van der Waals surface area contributed by atoms with E-state index in [4.69, 9.17) is 0 Å². The topological polar surface area (TPSA) is 4.93 Å². The molecule has 0 bridgehead atoms. The number of hydrogen-bond donors (Lipinski definition) is 0. The van der Waals surface area contributed by atoms with Crippen molar-refractivity contribution in [3.8, 4) is 16.8 Å². The molecule has 0 saturated heterocycles. The van der Waals surface area contributed by atoms with E-state index in [1.54, 1.807) is 0 Å². The molecule has 170 valence electrons. The van der Waals surface area contributed by atoms with Gasteiger partial charge in [0.05, 0.1) is 16.7 Å². The zero-order valence-corrected chi connectivity index (χ0v) is 20.4. The lowest BCUT2D eigenvalue weighted by Gasteiger charge is -2.23. The second-order valence-corrected chi connectivity index (χ2v) is 10.6. The van der Waals surface area contributed by atoms with Gasteiger partial charge in [-0.1, -0.05) is 117 Å². The standard InChI is InChI=1S/C35H25N/c1-35(2)29-21-20-27-26-15-7-8-16-31(26)36(30-17-9-12-22-10-3-5-13-24(22)30)34(27)32(29)28-19-18-23-11-4-6-14-25(23)33(28)35/h3-21H,1-2H3. The van der Waals surface area contributed by atoms with Crippen LogP contribution in [0, 0.1) is 0 Å². The Bertz CT molecular complexity index is 2010. The van der Waals surface area contributed by atoms with Crippen molar-refractivity contribution < 1.29 is 0 Å². The molecule has 6 aromatic carbocycles. The van der Waals surface area contributed by atoms with Crippen LogP contribution in [0.3, 0.4) is 0 Å². The number of rotatable bonds is 1. The van der Waals surface area contributed by atoms with E-state index >= 15 is 0 Å². The van der Waals surface area contributed by atoms with E-state index in [-0.39, 0.29) is 5.41 Å². The first kappa shape index (κ1) is 19.9. The summed E-state index contributed by atoms with van der Waals surface area (Å²) in [5, 5.41) is 7.82. The largest absolute Gasteiger partial charge is 0.308 e. The van der Waals surface area contributed by atoms with Crippen molar-refractivity contribution in [1.82, 2.24) is 4.57 Å². The van der Waals surface area contributed by atoms with E-state index in [1.807, 2.05) is 0 Å².